The molecule has 4 atom stereocenters. The van der Waals surface area contributed by atoms with Crippen molar-refractivity contribution < 1.29 is 20.1 Å². The van der Waals surface area contributed by atoms with E-state index in [1.165, 1.54) is 13.8 Å². The number of rotatable bonds is 7. The summed E-state index contributed by atoms with van der Waals surface area (Å²) in [6.45, 7) is 2.94. The van der Waals surface area contributed by atoms with Crippen molar-refractivity contribution in [2.45, 2.75) is 51.0 Å². The van der Waals surface area contributed by atoms with Crippen LogP contribution in [0.2, 0.25) is 0 Å². The Labute approximate surface area is 92.2 Å². The lowest BCUT2D eigenvalue weighted by Gasteiger charge is -2.22. The van der Waals surface area contributed by atoms with Crippen LogP contribution in [0, 0.1) is 20.2 Å². The molecule has 0 aliphatic rings. The van der Waals surface area contributed by atoms with Gasteiger partial charge in [0.15, 0.2) is 12.2 Å². The van der Waals surface area contributed by atoms with Crippen LogP contribution in [0.3, 0.4) is 0 Å². The maximum absolute atomic E-state index is 10.5. The molecule has 2 N–H and O–H groups in total. The summed E-state index contributed by atoms with van der Waals surface area (Å²) in [6, 6.07) is -2.77. The highest BCUT2D eigenvalue weighted by atomic mass is 16.6. The van der Waals surface area contributed by atoms with Crippen LogP contribution in [0.25, 0.3) is 0 Å². The minimum absolute atomic E-state index is 0.000620. The molecule has 0 aliphatic heterocycles. The van der Waals surface area contributed by atoms with Crippen molar-refractivity contribution in [2.24, 2.45) is 0 Å². The van der Waals surface area contributed by atoms with Crippen molar-refractivity contribution in [3.8, 4) is 0 Å². The lowest BCUT2D eigenvalue weighted by Crippen LogP contribution is -2.49. The van der Waals surface area contributed by atoms with Crippen LogP contribution in [0.4, 0.5) is 0 Å². The summed E-state index contributed by atoms with van der Waals surface area (Å²) in [5.41, 5.74) is 0. The largest absolute Gasteiger partial charge is 0.383 e. The highest BCUT2D eigenvalue weighted by molar-refractivity contribution is 4.80. The fourth-order valence-corrected chi connectivity index (χ4v) is 1.49. The smallest absolute Gasteiger partial charge is 0.241 e. The van der Waals surface area contributed by atoms with Crippen LogP contribution >= 0.6 is 0 Å². The summed E-state index contributed by atoms with van der Waals surface area (Å²) in [5.74, 6) is 0. The van der Waals surface area contributed by atoms with Gasteiger partial charge in [0, 0.05) is 22.7 Å². The zero-order valence-corrected chi connectivity index (χ0v) is 9.15. The van der Waals surface area contributed by atoms with Crippen molar-refractivity contribution in [1.29, 1.82) is 0 Å². The molecule has 0 bridgehead atoms. The van der Waals surface area contributed by atoms with Gasteiger partial charge in [0.25, 0.3) is 0 Å². The van der Waals surface area contributed by atoms with Gasteiger partial charge >= 0.3 is 0 Å². The van der Waals surface area contributed by atoms with Gasteiger partial charge in [0.05, 0.1) is 0 Å². The van der Waals surface area contributed by atoms with Crippen LogP contribution in [0.15, 0.2) is 0 Å². The molecule has 0 saturated heterocycles. The molecule has 8 heteroatoms. The standard InChI is InChI=1S/C8H16N2O6/c1-3-5(9(13)14)7(11)8(12)6(4-2)10(15)16/h5-8,11-12H,3-4H2,1-2H3/t5-,6-,7+,8+/m1/s1. The molecule has 0 amide bonds. The third kappa shape index (κ3) is 3.38. The Morgan fingerprint density at radius 2 is 1.19 bits per heavy atom. The molecule has 0 radical (unpaired) electrons. The van der Waals surface area contributed by atoms with E-state index in [0.29, 0.717) is 0 Å². The Morgan fingerprint density at radius 3 is 1.31 bits per heavy atom. The Morgan fingerprint density at radius 1 is 0.938 bits per heavy atom. The maximum atomic E-state index is 10.5. The zero-order valence-electron chi connectivity index (χ0n) is 9.15. The van der Waals surface area contributed by atoms with E-state index in [-0.39, 0.29) is 12.8 Å². The number of hydrogen-bond acceptors (Lipinski definition) is 6. The average Bonchev–Trinajstić information content (AvgIpc) is 2.18. The molecule has 8 nitrogen and oxygen atoms in total. The lowest BCUT2D eigenvalue weighted by molar-refractivity contribution is -0.558. The molecule has 0 fully saturated rings. The number of hydrogen-bond donors (Lipinski definition) is 2. The summed E-state index contributed by atoms with van der Waals surface area (Å²) in [6.07, 6.45) is -3.45. The molecule has 0 aromatic carbocycles. The molecule has 0 aromatic rings. The van der Waals surface area contributed by atoms with Crippen molar-refractivity contribution in [1.82, 2.24) is 0 Å². The second-order valence-electron chi connectivity index (χ2n) is 3.50. The van der Waals surface area contributed by atoms with Gasteiger partial charge in [-0.1, -0.05) is 13.8 Å². The summed E-state index contributed by atoms with van der Waals surface area (Å²) >= 11 is 0. The molecular formula is C8H16N2O6. The van der Waals surface area contributed by atoms with Gasteiger partial charge in [-0.2, -0.15) is 0 Å². The maximum Gasteiger partial charge on any atom is 0.241 e. The third-order valence-corrected chi connectivity index (χ3v) is 2.52. The topological polar surface area (TPSA) is 127 Å². The van der Waals surface area contributed by atoms with E-state index in [0.717, 1.165) is 0 Å². The minimum atomic E-state index is -1.73. The van der Waals surface area contributed by atoms with Gasteiger partial charge < -0.3 is 10.2 Å². The fraction of sp³-hybridized carbons (Fsp3) is 1.00. The van der Waals surface area contributed by atoms with E-state index < -0.39 is 34.1 Å². The molecular weight excluding hydrogens is 220 g/mol. The van der Waals surface area contributed by atoms with Crippen molar-refractivity contribution in [3.05, 3.63) is 20.2 Å². The Bertz CT molecular complexity index is 233. The van der Waals surface area contributed by atoms with Gasteiger partial charge in [-0.15, -0.1) is 0 Å². The van der Waals surface area contributed by atoms with Crippen LogP contribution in [-0.4, -0.2) is 44.4 Å². The summed E-state index contributed by atoms with van der Waals surface area (Å²) < 4.78 is 0. The van der Waals surface area contributed by atoms with E-state index >= 15 is 0 Å². The Kier molecular flexibility index (Phi) is 5.83. The van der Waals surface area contributed by atoms with E-state index in [2.05, 4.69) is 0 Å². The highest BCUT2D eigenvalue weighted by Crippen LogP contribution is 2.14. The molecule has 0 spiro atoms. The van der Waals surface area contributed by atoms with Crippen LogP contribution < -0.4 is 0 Å². The highest BCUT2D eigenvalue weighted by Gasteiger charge is 2.42. The van der Waals surface area contributed by atoms with E-state index in [1.807, 2.05) is 0 Å². The van der Waals surface area contributed by atoms with Crippen LogP contribution in [-0.2, 0) is 0 Å². The lowest BCUT2D eigenvalue weighted by atomic mass is 9.97. The first-order chi connectivity index (χ1) is 7.36. The fourth-order valence-electron chi connectivity index (χ4n) is 1.49. The number of aliphatic hydroxyl groups is 2. The van der Waals surface area contributed by atoms with Gasteiger partial charge in [-0.25, -0.2) is 0 Å². The number of aliphatic hydroxyl groups excluding tert-OH is 2. The first-order valence-electron chi connectivity index (χ1n) is 4.99. The third-order valence-electron chi connectivity index (χ3n) is 2.52. The van der Waals surface area contributed by atoms with Crippen molar-refractivity contribution >= 4 is 0 Å². The molecule has 94 valence electrons. The quantitative estimate of drug-likeness (QED) is 0.466. The second kappa shape index (κ2) is 6.33. The molecule has 0 heterocycles. The molecule has 0 aromatic heterocycles. The second-order valence-corrected chi connectivity index (χ2v) is 3.50. The van der Waals surface area contributed by atoms with Gasteiger partial charge in [0.2, 0.25) is 12.1 Å². The van der Waals surface area contributed by atoms with Crippen LogP contribution in [0.1, 0.15) is 26.7 Å². The van der Waals surface area contributed by atoms with Crippen molar-refractivity contribution in [2.75, 3.05) is 0 Å². The molecule has 0 unspecified atom stereocenters. The number of nitro groups is 2. The Hall–Kier alpha value is -1.28. The normalized spacial score (nSPS) is 18.5. The first kappa shape index (κ1) is 14.7. The average molecular weight is 236 g/mol. The summed E-state index contributed by atoms with van der Waals surface area (Å²) in [7, 11) is 0. The molecule has 0 rings (SSSR count). The molecule has 16 heavy (non-hydrogen) atoms. The Balaban J connectivity index is 4.74. The predicted molar refractivity (Wildman–Crippen MR) is 54.2 cm³/mol. The van der Waals surface area contributed by atoms with E-state index in [4.69, 9.17) is 0 Å². The summed E-state index contributed by atoms with van der Waals surface area (Å²) in [4.78, 5) is 19.6. The van der Waals surface area contributed by atoms with Gasteiger partial charge in [0.1, 0.15) is 0 Å². The monoisotopic (exact) mass is 236 g/mol. The zero-order chi connectivity index (χ0) is 12.9. The van der Waals surface area contributed by atoms with Crippen molar-refractivity contribution in [3.63, 3.8) is 0 Å². The summed E-state index contributed by atoms with van der Waals surface area (Å²) in [5, 5.41) is 40.0. The molecule has 0 saturated carbocycles. The predicted octanol–water partition coefficient (Wildman–Crippen LogP) is -0.181. The molecule has 0 aliphatic carbocycles. The number of nitrogens with zero attached hydrogens (tertiary/aromatic N) is 2. The van der Waals surface area contributed by atoms with Gasteiger partial charge in [-0.3, -0.25) is 20.2 Å². The van der Waals surface area contributed by atoms with E-state index in [9.17, 15) is 30.4 Å². The SMILES string of the molecule is CC[C@H]([C@H](O)[C@@H](O)[C@@H](CC)[N+](=O)[O-])[N+](=O)[O-]. The van der Waals surface area contributed by atoms with Gasteiger partial charge in [-0.05, 0) is 0 Å². The van der Waals surface area contributed by atoms with E-state index in [1.54, 1.807) is 0 Å². The first-order valence-corrected chi connectivity index (χ1v) is 4.99. The van der Waals surface area contributed by atoms with Crippen LogP contribution in [0.5, 0.6) is 0 Å². The minimum Gasteiger partial charge on any atom is -0.383 e.